The molecule has 0 aliphatic carbocycles. The van der Waals surface area contributed by atoms with Crippen molar-refractivity contribution in [1.29, 1.82) is 0 Å². The molecule has 0 fully saturated rings. The molecule has 0 spiro atoms. The van der Waals surface area contributed by atoms with Crippen LogP contribution in [0, 0.1) is 0 Å². The van der Waals surface area contributed by atoms with Crippen molar-refractivity contribution in [3.05, 3.63) is 71.8 Å². The molecule has 3 amide bonds. The SMILES string of the molecule is CCNC(=O)NC(=O)[C@H](OC(=O)/C=C/c1ccc(OC(F)F)cc1)c1ccccc1. The summed E-state index contributed by atoms with van der Waals surface area (Å²) in [6.07, 6.45) is 1.13. The van der Waals surface area contributed by atoms with E-state index >= 15 is 0 Å². The molecule has 2 rings (SSSR count). The van der Waals surface area contributed by atoms with Crippen molar-refractivity contribution in [2.24, 2.45) is 0 Å². The van der Waals surface area contributed by atoms with Crippen LogP contribution < -0.4 is 15.4 Å². The van der Waals surface area contributed by atoms with Gasteiger partial charge >= 0.3 is 18.6 Å². The average molecular weight is 418 g/mol. The molecule has 158 valence electrons. The largest absolute Gasteiger partial charge is 0.444 e. The molecule has 0 bridgehead atoms. The van der Waals surface area contributed by atoms with Crippen molar-refractivity contribution >= 4 is 24.0 Å². The highest BCUT2D eigenvalue weighted by Crippen LogP contribution is 2.19. The Morgan fingerprint density at radius 1 is 1.03 bits per heavy atom. The van der Waals surface area contributed by atoms with Gasteiger partial charge in [-0.2, -0.15) is 8.78 Å². The number of carbonyl (C=O) groups excluding carboxylic acids is 3. The first-order valence-electron chi connectivity index (χ1n) is 8.96. The Kier molecular flexibility index (Phi) is 8.49. The third kappa shape index (κ3) is 7.34. The van der Waals surface area contributed by atoms with Crippen LogP contribution in [0.15, 0.2) is 60.7 Å². The second-order valence-electron chi connectivity index (χ2n) is 5.86. The summed E-state index contributed by atoms with van der Waals surface area (Å²) in [5.41, 5.74) is 0.908. The number of rotatable bonds is 8. The van der Waals surface area contributed by atoms with E-state index in [-0.39, 0.29) is 5.75 Å². The maximum absolute atomic E-state index is 12.4. The standard InChI is InChI=1S/C21H20F2N2O5/c1-2-24-21(28)25-19(27)18(15-6-4-3-5-7-15)30-17(26)13-10-14-8-11-16(12-9-14)29-20(22)23/h3-13,18,20H,2H2,1H3,(H2,24,25,27,28)/b13-10+/t18-/m1/s1. The van der Waals surface area contributed by atoms with Crippen molar-refractivity contribution in [3.8, 4) is 5.75 Å². The molecule has 0 unspecified atom stereocenters. The summed E-state index contributed by atoms with van der Waals surface area (Å²) in [6.45, 7) is -0.920. The van der Waals surface area contributed by atoms with Gasteiger partial charge in [0.1, 0.15) is 5.75 Å². The Balaban J connectivity index is 2.07. The predicted molar refractivity (Wildman–Crippen MR) is 105 cm³/mol. The number of halogens is 2. The van der Waals surface area contributed by atoms with Crippen LogP contribution in [-0.4, -0.2) is 31.1 Å². The van der Waals surface area contributed by atoms with Crippen molar-refractivity contribution in [3.63, 3.8) is 0 Å². The van der Waals surface area contributed by atoms with E-state index in [4.69, 9.17) is 4.74 Å². The molecular weight excluding hydrogens is 398 g/mol. The number of hydrogen-bond donors (Lipinski definition) is 2. The van der Waals surface area contributed by atoms with E-state index in [0.29, 0.717) is 17.7 Å². The fraction of sp³-hybridized carbons (Fsp3) is 0.190. The number of amides is 3. The van der Waals surface area contributed by atoms with Crippen molar-refractivity contribution in [2.75, 3.05) is 6.54 Å². The second kappa shape index (κ2) is 11.3. The zero-order valence-corrected chi connectivity index (χ0v) is 16.0. The molecule has 2 N–H and O–H groups in total. The fourth-order valence-electron chi connectivity index (χ4n) is 2.36. The quantitative estimate of drug-likeness (QED) is 0.506. The number of hydrogen-bond acceptors (Lipinski definition) is 5. The van der Waals surface area contributed by atoms with Gasteiger partial charge in [-0.3, -0.25) is 10.1 Å². The van der Waals surface area contributed by atoms with E-state index in [1.165, 1.54) is 30.3 Å². The molecule has 30 heavy (non-hydrogen) atoms. The lowest BCUT2D eigenvalue weighted by molar-refractivity contribution is -0.151. The highest BCUT2D eigenvalue weighted by Gasteiger charge is 2.25. The summed E-state index contributed by atoms with van der Waals surface area (Å²) in [6, 6.07) is 13.1. The minimum atomic E-state index is -2.93. The van der Waals surface area contributed by atoms with E-state index in [0.717, 1.165) is 6.08 Å². The minimum Gasteiger partial charge on any atom is -0.444 e. The zero-order valence-electron chi connectivity index (χ0n) is 16.0. The zero-order chi connectivity index (χ0) is 21.9. The van der Waals surface area contributed by atoms with Crippen molar-refractivity contribution < 1.29 is 32.6 Å². The summed E-state index contributed by atoms with van der Waals surface area (Å²) in [5, 5.41) is 4.53. The highest BCUT2D eigenvalue weighted by molar-refractivity contribution is 5.98. The van der Waals surface area contributed by atoms with Gasteiger partial charge in [-0.05, 0) is 30.7 Å². The normalized spacial score (nSPS) is 11.7. The average Bonchev–Trinajstić information content (AvgIpc) is 2.71. The maximum Gasteiger partial charge on any atom is 0.387 e. The Morgan fingerprint density at radius 3 is 2.30 bits per heavy atom. The molecule has 0 heterocycles. The molecule has 2 aromatic carbocycles. The summed E-state index contributed by atoms with van der Waals surface area (Å²) >= 11 is 0. The van der Waals surface area contributed by atoms with Crippen molar-refractivity contribution in [1.82, 2.24) is 10.6 Å². The van der Waals surface area contributed by atoms with Gasteiger partial charge in [0.15, 0.2) is 0 Å². The van der Waals surface area contributed by atoms with Crippen LogP contribution >= 0.6 is 0 Å². The number of carbonyl (C=O) groups is 3. The van der Waals surface area contributed by atoms with Gasteiger partial charge in [0.05, 0.1) is 0 Å². The van der Waals surface area contributed by atoms with E-state index < -0.39 is 30.6 Å². The number of nitrogens with one attached hydrogen (secondary N) is 2. The first kappa shape index (κ1) is 22.5. The number of alkyl halides is 2. The Labute approximate surface area is 171 Å². The van der Waals surface area contributed by atoms with Gasteiger partial charge in [-0.15, -0.1) is 0 Å². The van der Waals surface area contributed by atoms with E-state index in [1.807, 2.05) is 0 Å². The number of benzene rings is 2. The van der Waals surface area contributed by atoms with E-state index in [2.05, 4.69) is 15.4 Å². The van der Waals surface area contributed by atoms with Gasteiger partial charge in [0, 0.05) is 18.2 Å². The number of urea groups is 1. The molecule has 2 aromatic rings. The van der Waals surface area contributed by atoms with Crippen molar-refractivity contribution in [2.45, 2.75) is 19.6 Å². The lowest BCUT2D eigenvalue weighted by atomic mass is 10.1. The third-order valence-electron chi connectivity index (χ3n) is 3.67. The van der Waals surface area contributed by atoms with Gasteiger partial charge in [0.2, 0.25) is 6.10 Å². The van der Waals surface area contributed by atoms with E-state index in [9.17, 15) is 23.2 Å². The summed E-state index contributed by atoms with van der Waals surface area (Å²) in [5.74, 6) is -1.65. The van der Waals surface area contributed by atoms with Crippen LogP contribution in [0.5, 0.6) is 5.75 Å². The first-order chi connectivity index (χ1) is 14.4. The Bertz CT molecular complexity index is 886. The summed E-state index contributed by atoms with van der Waals surface area (Å²) in [4.78, 5) is 36.3. The molecule has 9 heteroatoms. The van der Waals surface area contributed by atoms with Gasteiger partial charge < -0.3 is 14.8 Å². The van der Waals surface area contributed by atoms with Crippen LogP contribution in [0.2, 0.25) is 0 Å². The van der Waals surface area contributed by atoms with Crippen LogP contribution in [0.1, 0.15) is 24.2 Å². The van der Waals surface area contributed by atoms with Crippen LogP contribution in [0.4, 0.5) is 13.6 Å². The summed E-state index contributed by atoms with van der Waals surface area (Å²) in [7, 11) is 0. The highest BCUT2D eigenvalue weighted by atomic mass is 19.3. The number of ether oxygens (including phenoxy) is 2. The first-order valence-corrected chi connectivity index (χ1v) is 8.96. The number of esters is 1. The smallest absolute Gasteiger partial charge is 0.387 e. The second-order valence-corrected chi connectivity index (χ2v) is 5.86. The minimum absolute atomic E-state index is 0.0177. The fourth-order valence-corrected chi connectivity index (χ4v) is 2.36. The molecule has 0 aromatic heterocycles. The molecule has 0 aliphatic rings. The lowest BCUT2D eigenvalue weighted by Crippen LogP contribution is -2.42. The number of imide groups is 1. The van der Waals surface area contributed by atoms with Crippen LogP contribution in [0.3, 0.4) is 0 Å². The Hall–Kier alpha value is -3.75. The molecule has 7 nitrogen and oxygen atoms in total. The lowest BCUT2D eigenvalue weighted by Gasteiger charge is -2.16. The van der Waals surface area contributed by atoms with Gasteiger partial charge in [0.25, 0.3) is 5.91 Å². The van der Waals surface area contributed by atoms with E-state index in [1.54, 1.807) is 37.3 Å². The molecule has 0 aliphatic heterocycles. The van der Waals surface area contributed by atoms with Crippen LogP contribution in [-0.2, 0) is 14.3 Å². The topological polar surface area (TPSA) is 93.7 Å². The van der Waals surface area contributed by atoms with Gasteiger partial charge in [-0.25, -0.2) is 9.59 Å². The maximum atomic E-state index is 12.4. The molecule has 0 saturated heterocycles. The Morgan fingerprint density at radius 2 is 1.70 bits per heavy atom. The molecule has 1 atom stereocenters. The monoisotopic (exact) mass is 418 g/mol. The summed E-state index contributed by atoms with van der Waals surface area (Å²) < 4.78 is 33.8. The predicted octanol–water partition coefficient (Wildman–Crippen LogP) is 3.43. The third-order valence-corrected chi connectivity index (χ3v) is 3.67. The van der Waals surface area contributed by atoms with Crippen LogP contribution in [0.25, 0.3) is 6.08 Å². The molecule has 0 radical (unpaired) electrons. The molecule has 0 saturated carbocycles. The van der Waals surface area contributed by atoms with Gasteiger partial charge in [-0.1, -0.05) is 42.5 Å². The molecular formula is C21H20F2N2O5.